The molecule has 0 spiro atoms. The van der Waals surface area contributed by atoms with Crippen molar-refractivity contribution in [1.82, 2.24) is 4.90 Å². The van der Waals surface area contributed by atoms with E-state index in [1.54, 1.807) is 17.0 Å². The van der Waals surface area contributed by atoms with Gasteiger partial charge in [0, 0.05) is 25.4 Å². The van der Waals surface area contributed by atoms with E-state index in [4.69, 9.17) is 4.74 Å². The molecule has 1 fully saturated rings. The molecule has 1 saturated heterocycles. The van der Waals surface area contributed by atoms with Gasteiger partial charge in [-0.15, -0.1) is 0 Å². The van der Waals surface area contributed by atoms with Crippen LogP contribution in [0.15, 0.2) is 22.7 Å². The smallest absolute Gasteiger partial charge is 0.410 e. The van der Waals surface area contributed by atoms with Crippen molar-refractivity contribution < 1.29 is 18.7 Å². The zero-order valence-electron chi connectivity index (χ0n) is 13.6. The van der Waals surface area contributed by atoms with E-state index in [1.807, 2.05) is 20.8 Å². The van der Waals surface area contributed by atoms with Crippen LogP contribution in [0.5, 0.6) is 0 Å². The van der Waals surface area contributed by atoms with Crippen molar-refractivity contribution >= 4 is 27.8 Å². The minimum absolute atomic E-state index is 0.130. The molecule has 1 aromatic carbocycles. The summed E-state index contributed by atoms with van der Waals surface area (Å²) < 4.78 is 19.0. The van der Waals surface area contributed by atoms with Crippen LogP contribution in [0.4, 0.5) is 9.18 Å². The highest BCUT2D eigenvalue weighted by Gasteiger charge is 2.32. The maximum absolute atomic E-state index is 13.3. The number of hydrogen-bond acceptors (Lipinski definition) is 3. The fourth-order valence-electron chi connectivity index (χ4n) is 2.53. The van der Waals surface area contributed by atoms with Crippen LogP contribution in [0.1, 0.15) is 32.8 Å². The fraction of sp³-hybridized carbons (Fsp3) is 0.529. The van der Waals surface area contributed by atoms with Crippen molar-refractivity contribution in [3.05, 3.63) is 34.1 Å². The third-order valence-electron chi connectivity index (χ3n) is 3.64. The molecule has 0 saturated carbocycles. The second-order valence-electron chi connectivity index (χ2n) is 6.79. The third-order valence-corrected chi connectivity index (χ3v) is 4.25. The van der Waals surface area contributed by atoms with Gasteiger partial charge in [0.15, 0.2) is 0 Å². The summed E-state index contributed by atoms with van der Waals surface area (Å²) in [5.74, 6) is -0.488. The van der Waals surface area contributed by atoms with Gasteiger partial charge >= 0.3 is 6.09 Å². The number of halogens is 2. The number of ether oxygens (including phenoxy) is 1. The molecule has 1 atom stereocenters. The van der Waals surface area contributed by atoms with Gasteiger partial charge in [0.25, 0.3) is 0 Å². The largest absolute Gasteiger partial charge is 0.444 e. The van der Waals surface area contributed by atoms with Crippen molar-refractivity contribution in [3.8, 4) is 0 Å². The number of carbonyl (C=O) groups is 2. The summed E-state index contributed by atoms with van der Waals surface area (Å²) in [6.45, 7) is 6.16. The first-order valence-corrected chi connectivity index (χ1v) is 8.39. The summed E-state index contributed by atoms with van der Waals surface area (Å²) >= 11 is 3.15. The molecule has 2 rings (SSSR count). The monoisotopic (exact) mass is 385 g/mol. The summed E-state index contributed by atoms with van der Waals surface area (Å²) in [6, 6.07) is 4.72. The number of carbonyl (C=O) groups excluding carboxylic acids is 2. The van der Waals surface area contributed by atoms with Crippen LogP contribution in [0.25, 0.3) is 0 Å². The average Bonchev–Trinajstić information content (AvgIpc) is 2.43. The normalized spacial score (nSPS) is 18.9. The lowest BCUT2D eigenvalue weighted by Crippen LogP contribution is -2.46. The molecule has 1 aliphatic rings. The number of piperidine rings is 1. The molecule has 0 aliphatic carbocycles. The van der Waals surface area contributed by atoms with Crippen LogP contribution in [-0.2, 0) is 16.0 Å². The van der Waals surface area contributed by atoms with Gasteiger partial charge in [0.05, 0.1) is 4.47 Å². The van der Waals surface area contributed by atoms with Crippen LogP contribution < -0.4 is 0 Å². The molecule has 1 aromatic rings. The van der Waals surface area contributed by atoms with Gasteiger partial charge < -0.3 is 9.64 Å². The number of Topliss-reactive ketones (excluding diaryl/α,β-unsaturated/α-hetero) is 1. The number of likely N-dealkylation sites (tertiary alicyclic amines) is 1. The second-order valence-corrected chi connectivity index (χ2v) is 7.65. The maximum atomic E-state index is 13.3. The lowest BCUT2D eigenvalue weighted by atomic mass is 9.90. The molecular formula is C17H21BrFNO3. The molecule has 1 amide bonds. The Kier molecular flexibility index (Phi) is 5.45. The SMILES string of the molecule is CC(C)(C)OC(=O)N1CCC(=O)C(Cc2ccc(F)c(Br)c2)C1. The quantitative estimate of drug-likeness (QED) is 0.773. The summed E-state index contributed by atoms with van der Waals surface area (Å²) in [6.07, 6.45) is 0.416. The Morgan fingerprint density at radius 2 is 2.13 bits per heavy atom. The first kappa shape index (κ1) is 17.9. The van der Waals surface area contributed by atoms with Crippen molar-refractivity contribution in [1.29, 1.82) is 0 Å². The Balaban J connectivity index is 2.04. The van der Waals surface area contributed by atoms with E-state index in [0.29, 0.717) is 30.4 Å². The zero-order valence-corrected chi connectivity index (χ0v) is 15.2. The van der Waals surface area contributed by atoms with Crippen molar-refractivity contribution in [3.63, 3.8) is 0 Å². The Hall–Kier alpha value is -1.43. The van der Waals surface area contributed by atoms with E-state index in [9.17, 15) is 14.0 Å². The second kappa shape index (κ2) is 6.99. The Bertz CT molecular complexity index is 612. The maximum Gasteiger partial charge on any atom is 0.410 e. The summed E-state index contributed by atoms with van der Waals surface area (Å²) in [5.41, 5.74) is 0.304. The summed E-state index contributed by atoms with van der Waals surface area (Å²) in [7, 11) is 0. The number of ketones is 1. The molecule has 1 heterocycles. The van der Waals surface area contributed by atoms with Crippen molar-refractivity contribution in [2.75, 3.05) is 13.1 Å². The van der Waals surface area contributed by atoms with E-state index in [0.717, 1.165) is 5.56 Å². The Morgan fingerprint density at radius 1 is 1.43 bits per heavy atom. The van der Waals surface area contributed by atoms with E-state index in [1.165, 1.54) is 6.07 Å². The van der Waals surface area contributed by atoms with Crippen LogP contribution in [0, 0.1) is 11.7 Å². The Morgan fingerprint density at radius 3 is 2.74 bits per heavy atom. The molecule has 0 N–H and O–H groups in total. The molecule has 4 nitrogen and oxygen atoms in total. The van der Waals surface area contributed by atoms with Gasteiger partial charge in [0.1, 0.15) is 17.2 Å². The van der Waals surface area contributed by atoms with E-state index in [2.05, 4.69) is 15.9 Å². The fourth-order valence-corrected chi connectivity index (χ4v) is 2.96. The molecule has 1 aliphatic heterocycles. The molecule has 126 valence electrons. The van der Waals surface area contributed by atoms with E-state index < -0.39 is 11.7 Å². The van der Waals surface area contributed by atoms with Gasteiger partial charge in [-0.3, -0.25) is 4.79 Å². The van der Waals surface area contributed by atoms with Gasteiger partial charge in [0.2, 0.25) is 0 Å². The molecule has 1 unspecified atom stereocenters. The van der Waals surface area contributed by atoms with Gasteiger partial charge in [-0.2, -0.15) is 0 Å². The highest BCUT2D eigenvalue weighted by Crippen LogP contribution is 2.23. The first-order valence-electron chi connectivity index (χ1n) is 7.60. The van der Waals surface area contributed by atoms with Crippen molar-refractivity contribution in [2.45, 2.75) is 39.2 Å². The predicted molar refractivity (Wildman–Crippen MR) is 88.7 cm³/mol. The predicted octanol–water partition coefficient (Wildman–Crippen LogP) is 3.96. The van der Waals surface area contributed by atoms with Crippen LogP contribution in [-0.4, -0.2) is 35.5 Å². The lowest BCUT2D eigenvalue weighted by molar-refractivity contribution is -0.125. The lowest BCUT2D eigenvalue weighted by Gasteiger charge is -2.33. The first-order chi connectivity index (χ1) is 10.7. The van der Waals surface area contributed by atoms with Crippen LogP contribution in [0.3, 0.4) is 0 Å². The highest BCUT2D eigenvalue weighted by molar-refractivity contribution is 9.10. The summed E-state index contributed by atoms with van der Waals surface area (Å²) in [5, 5.41) is 0. The molecule has 0 aromatic heterocycles. The zero-order chi connectivity index (χ0) is 17.2. The molecule has 23 heavy (non-hydrogen) atoms. The van der Waals surface area contributed by atoms with Crippen molar-refractivity contribution in [2.24, 2.45) is 5.92 Å². The summed E-state index contributed by atoms with van der Waals surface area (Å²) in [4.78, 5) is 25.9. The van der Waals surface area contributed by atoms with Crippen LogP contribution in [0.2, 0.25) is 0 Å². The minimum Gasteiger partial charge on any atom is -0.444 e. The minimum atomic E-state index is -0.560. The average molecular weight is 386 g/mol. The molecule has 6 heteroatoms. The van der Waals surface area contributed by atoms with Gasteiger partial charge in [-0.1, -0.05) is 6.07 Å². The van der Waals surface area contributed by atoms with Gasteiger partial charge in [-0.05, 0) is 60.8 Å². The number of nitrogens with zero attached hydrogens (tertiary/aromatic N) is 1. The standard InChI is InChI=1S/C17H21BrFNO3/c1-17(2,3)23-16(22)20-7-6-15(21)12(10-20)8-11-4-5-14(19)13(18)9-11/h4-5,9,12H,6-8,10H2,1-3H3. The molecule has 0 radical (unpaired) electrons. The Labute approximate surface area is 144 Å². The number of amides is 1. The van der Waals surface area contributed by atoms with Gasteiger partial charge in [-0.25, -0.2) is 9.18 Å². The molecular weight excluding hydrogens is 365 g/mol. The number of hydrogen-bond donors (Lipinski definition) is 0. The highest BCUT2D eigenvalue weighted by atomic mass is 79.9. The number of rotatable bonds is 2. The third kappa shape index (κ3) is 5.03. The van der Waals surface area contributed by atoms with Crippen LogP contribution >= 0.6 is 15.9 Å². The molecule has 0 bridgehead atoms. The van der Waals surface area contributed by atoms with E-state index >= 15 is 0 Å². The number of benzene rings is 1. The topological polar surface area (TPSA) is 46.6 Å². The van der Waals surface area contributed by atoms with E-state index in [-0.39, 0.29) is 17.5 Å².